The normalized spacial score (nSPS) is 21.8. The molecule has 0 bridgehead atoms. The standard InChI is InChI=1S/C12H21NO3/c1-3-13-7-5-6-10(9-13)11(14)8-12(15)16-4-2/h10H,3-9H2,1-2H3/t10-/m1/s1. The highest BCUT2D eigenvalue weighted by atomic mass is 16.5. The predicted molar refractivity (Wildman–Crippen MR) is 61.1 cm³/mol. The van der Waals surface area contributed by atoms with Gasteiger partial charge in [-0.25, -0.2) is 0 Å². The van der Waals surface area contributed by atoms with Crippen LogP contribution >= 0.6 is 0 Å². The Hall–Kier alpha value is -0.900. The van der Waals surface area contributed by atoms with E-state index >= 15 is 0 Å². The molecule has 0 unspecified atom stereocenters. The second-order valence-electron chi connectivity index (χ2n) is 4.18. The molecule has 4 nitrogen and oxygen atoms in total. The highest BCUT2D eigenvalue weighted by Gasteiger charge is 2.26. The Balaban J connectivity index is 2.38. The summed E-state index contributed by atoms with van der Waals surface area (Å²) in [6, 6.07) is 0. The first kappa shape index (κ1) is 13.2. The second kappa shape index (κ2) is 6.63. The molecule has 0 radical (unpaired) electrons. The third-order valence-electron chi connectivity index (χ3n) is 3.03. The molecule has 1 saturated heterocycles. The molecule has 16 heavy (non-hydrogen) atoms. The van der Waals surface area contributed by atoms with Crippen molar-refractivity contribution in [2.45, 2.75) is 33.1 Å². The van der Waals surface area contributed by atoms with Crippen LogP contribution in [0.5, 0.6) is 0 Å². The lowest BCUT2D eigenvalue weighted by Crippen LogP contribution is -2.39. The van der Waals surface area contributed by atoms with Gasteiger partial charge in [0, 0.05) is 12.5 Å². The van der Waals surface area contributed by atoms with Crippen molar-refractivity contribution in [2.24, 2.45) is 5.92 Å². The molecule has 0 saturated carbocycles. The van der Waals surface area contributed by atoms with Crippen LogP contribution in [0.15, 0.2) is 0 Å². The average Bonchev–Trinajstić information content (AvgIpc) is 2.29. The molecule has 4 heteroatoms. The Labute approximate surface area is 96.9 Å². The number of ketones is 1. The SMILES string of the molecule is CCOC(=O)CC(=O)[C@@H]1CCCN(CC)C1. The Morgan fingerprint density at radius 1 is 1.38 bits per heavy atom. The highest BCUT2D eigenvalue weighted by molar-refractivity contribution is 5.96. The fraction of sp³-hybridized carbons (Fsp3) is 0.833. The number of piperidine rings is 1. The molecule has 0 aliphatic carbocycles. The van der Waals surface area contributed by atoms with Crippen molar-refractivity contribution >= 4 is 11.8 Å². The molecule has 1 heterocycles. The van der Waals surface area contributed by atoms with Gasteiger partial charge in [-0.15, -0.1) is 0 Å². The minimum atomic E-state index is -0.388. The molecular formula is C12H21NO3. The molecule has 92 valence electrons. The molecule has 0 spiro atoms. The van der Waals surface area contributed by atoms with Gasteiger partial charge >= 0.3 is 5.97 Å². The van der Waals surface area contributed by atoms with Crippen molar-refractivity contribution in [3.63, 3.8) is 0 Å². The van der Waals surface area contributed by atoms with Gasteiger partial charge in [0.1, 0.15) is 12.2 Å². The van der Waals surface area contributed by atoms with E-state index in [9.17, 15) is 9.59 Å². The van der Waals surface area contributed by atoms with Crippen LogP contribution in [0.2, 0.25) is 0 Å². The quantitative estimate of drug-likeness (QED) is 0.523. The van der Waals surface area contributed by atoms with E-state index in [2.05, 4.69) is 11.8 Å². The lowest BCUT2D eigenvalue weighted by Gasteiger charge is -2.30. The van der Waals surface area contributed by atoms with Gasteiger partial charge in [0.05, 0.1) is 6.61 Å². The third-order valence-corrected chi connectivity index (χ3v) is 3.03. The first-order chi connectivity index (χ1) is 7.67. The monoisotopic (exact) mass is 227 g/mol. The number of ether oxygens (including phenoxy) is 1. The van der Waals surface area contributed by atoms with E-state index < -0.39 is 0 Å². The summed E-state index contributed by atoms with van der Waals surface area (Å²) in [4.78, 5) is 25.3. The van der Waals surface area contributed by atoms with E-state index in [1.807, 2.05) is 0 Å². The van der Waals surface area contributed by atoms with Crippen LogP contribution in [-0.4, -0.2) is 42.9 Å². The van der Waals surface area contributed by atoms with Gasteiger partial charge in [-0.2, -0.15) is 0 Å². The fourth-order valence-corrected chi connectivity index (χ4v) is 2.10. The van der Waals surface area contributed by atoms with Crippen LogP contribution in [0, 0.1) is 5.92 Å². The van der Waals surface area contributed by atoms with Crippen molar-refractivity contribution < 1.29 is 14.3 Å². The van der Waals surface area contributed by atoms with Crippen LogP contribution in [0.4, 0.5) is 0 Å². The number of hydrogen-bond donors (Lipinski definition) is 0. The molecule has 0 amide bonds. The van der Waals surface area contributed by atoms with E-state index in [-0.39, 0.29) is 24.1 Å². The van der Waals surface area contributed by atoms with Gasteiger partial charge in [0.25, 0.3) is 0 Å². The van der Waals surface area contributed by atoms with E-state index in [0.717, 1.165) is 32.5 Å². The number of esters is 1. The molecule has 0 aromatic heterocycles. The Morgan fingerprint density at radius 2 is 2.12 bits per heavy atom. The topological polar surface area (TPSA) is 46.6 Å². The van der Waals surface area contributed by atoms with Gasteiger partial charge in [-0.3, -0.25) is 9.59 Å². The zero-order chi connectivity index (χ0) is 12.0. The summed E-state index contributed by atoms with van der Waals surface area (Å²) in [6.07, 6.45) is 1.90. The minimum absolute atomic E-state index is 0.0260. The van der Waals surface area contributed by atoms with E-state index in [1.165, 1.54) is 0 Å². The number of likely N-dealkylation sites (tertiary alicyclic amines) is 1. The first-order valence-corrected chi connectivity index (χ1v) is 6.08. The molecule has 1 atom stereocenters. The molecule has 1 aliphatic heterocycles. The van der Waals surface area contributed by atoms with Crippen LogP contribution < -0.4 is 0 Å². The van der Waals surface area contributed by atoms with Crippen LogP contribution in [0.3, 0.4) is 0 Å². The number of nitrogens with zero attached hydrogens (tertiary/aromatic N) is 1. The lowest BCUT2D eigenvalue weighted by molar-refractivity contribution is -0.146. The Bertz CT molecular complexity index is 253. The van der Waals surface area contributed by atoms with Crippen LogP contribution in [-0.2, 0) is 14.3 Å². The van der Waals surface area contributed by atoms with Gasteiger partial charge in [0.15, 0.2) is 0 Å². The van der Waals surface area contributed by atoms with Crippen molar-refractivity contribution in [1.82, 2.24) is 4.90 Å². The molecule has 1 rings (SSSR count). The number of hydrogen-bond acceptors (Lipinski definition) is 4. The predicted octanol–water partition coefficient (Wildman–Crippen LogP) is 1.24. The fourth-order valence-electron chi connectivity index (χ4n) is 2.10. The summed E-state index contributed by atoms with van der Waals surface area (Å²) in [7, 11) is 0. The Morgan fingerprint density at radius 3 is 2.75 bits per heavy atom. The maximum atomic E-state index is 11.8. The van der Waals surface area contributed by atoms with Crippen molar-refractivity contribution in [2.75, 3.05) is 26.2 Å². The largest absolute Gasteiger partial charge is 0.466 e. The smallest absolute Gasteiger partial charge is 0.313 e. The molecular weight excluding hydrogens is 206 g/mol. The van der Waals surface area contributed by atoms with E-state index in [1.54, 1.807) is 6.92 Å². The molecule has 0 N–H and O–H groups in total. The number of carbonyl (C=O) groups excluding carboxylic acids is 2. The van der Waals surface area contributed by atoms with Gasteiger partial charge in [0.2, 0.25) is 0 Å². The van der Waals surface area contributed by atoms with Crippen LogP contribution in [0.1, 0.15) is 33.1 Å². The zero-order valence-electron chi connectivity index (χ0n) is 10.2. The second-order valence-corrected chi connectivity index (χ2v) is 4.18. The zero-order valence-corrected chi connectivity index (χ0v) is 10.2. The average molecular weight is 227 g/mol. The van der Waals surface area contributed by atoms with E-state index in [4.69, 9.17) is 4.74 Å². The van der Waals surface area contributed by atoms with E-state index in [0.29, 0.717) is 6.61 Å². The summed E-state index contributed by atoms with van der Waals surface area (Å²) in [6.45, 7) is 7.04. The summed E-state index contributed by atoms with van der Waals surface area (Å²) < 4.78 is 4.78. The summed E-state index contributed by atoms with van der Waals surface area (Å²) in [5.41, 5.74) is 0. The summed E-state index contributed by atoms with van der Waals surface area (Å²) in [5, 5.41) is 0. The summed E-state index contributed by atoms with van der Waals surface area (Å²) >= 11 is 0. The molecule has 1 aliphatic rings. The maximum Gasteiger partial charge on any atom is 0.313 e. The number of rotatable bonds is 5. The highest BCUT2D eigenvalue weighted by Crippen LogP contribution is 2.18. The minimum Gasteiger partial charge on any atom is -0.466 e. The molecule has 0 aromatic rings. The summed E-state index contributed by atoms with van der Waals surface area (Å²) in [5.74, 6) is -0.323. The van der Waals surface area contributed by atoms with Gasteiger partial charge < -0.3 is 9.64 Å². The molecule has 1 fully saturated rings. The van der Waals surface area contributed by atoms with Crippen molar-refractivity contribution in [3.05, 3.63) is 0 Å². The molecule has 0 aromatic carbocycles. The third kappa shape index (κ3) is 3.93. The lowest BCUT2D eigenvalue weighted by atomic mass is 9.92. The Kier molecular flexibility index (Phi) is 5.46. The maximum absolute atomic E-state index is 11.8. The van der Waals surface area contributed by atoms with Gasteiger partial charge in [-0.05, 0) is 32.9 Å². The van der Waals surface area contributed by atoms with Crippen molar-refractivity contribution in [3.8, 4) is 0 Å². The number of Topliss-reactive ketones (excluding diaryl/α,β-unsaturated/α-hetero) is 1. The van der Waals surface area contributed by atoms with Crippen molar-refractivity contribution in [1.29, 1.82) is 0 Å². The van der Waals surface area contributed by atoms with Gasteiger partial charge in [-0.1, -0.05) is 6.92 Å². The van der Waals surface area contributed by atoms with Crippen LogP contribution in [0.25, 0.3) is 0 Å². The number of carbonyl (C=O) groups is 2. The first-order valence-electron chi connectivity index (χ1n) is 6.08.